The average molecular weight is 322 g/mol. The van der Waals surface area contributed by atoms with E-state index in [4.69, 9.17) is 9.84 Å². The summed E-state index contributed by atoms with van der Waals surface area (Å²) in [5.41, 5.74) is 4.42. The van der Waals surface area contributed by atoms with Crippen LogP contribution in [0.4, 0.5) is 0 Å². The van der Waals surface area contributed by atoms with Crippen LogP contribution in [0.5, 0.6) is 5.75 Å². The third-order valence-corrected chi connectivity index (χ3v) is 3.77. The molecule has 2 N–H and O–H groups in total. The summed E-state index contributed by atoms with van der Waals surface area (Å²) in [6.45, 7) is 1.78. The minimum atomic E-state index is -0.983. The summed E-state index contributed by atoms with van der Waals surface area (Å²) in [5, 5.41) is 16.7. The van der Waals surface area contributed by atoms with E-state index in [-0.39, 0.29) is 6.61 Å². The molecule has 0 aliphatic carbocycles. The molecule has 0 unspecified atom stereocenters. The topological polar surface area (TPSA) is 75.2 Å². The number of nitrogens with zero attached hydrogens (tertiary/aromatic N) is 1. The number of allylic oxidation sites excluding steroid dienone is 1. The van der Waals surface area contributed by atoms with Gasteiger partial charge in [0.05, 0.1) is 11.7 Å². The Morgan fingerprint density at radius 2 is 2.04 bits per heavy atom. The van der Waals surface area contributed by atoms with E-state index >= 15 is 0 Å². The lowest BCUT2D eigenvalue weighted by molar-refractivity contribution is -0.139. The largest absolute Gasteiger partial charge is 0.482 e. The van der Waals surface area contributed by atoms with Gasteiger partial charge in [-0.2, -0.15) is 5.10 Å². The van der Waals surface area contributed by atoms with Gasteiger partial charge in [-0.05, 0) is 47.4 Å². The first-order chi connectivity index (χ1) is 11.7. The molecule has 0 saturated carbocycles. The fraction of sp³-hybridized carbons (Fsp3) is 0.158. The van der Waals surface area contributed by atoms with Gasteiger partial charge in [0.15, 0.2) is 6.61 Å². The Balaban J connectivity index is 1.83. The Hall–Kier alpha value is -3.08. The van der Waals surface area contributed by atoms with E-state index in [0.717, 1.165) is 28.5 Å². The van der Waals surface area contributed by atoms with Crippen LogP contribution in [0.1, 0.15) is 24.5 Å². The monoisotopic (exact) mass is 322 g/mol. The molecule has 0 amide bonds. The van der Waals surface area contributed by atoms with E-state index in [1.807, 2.05) is 24.4 Å². The second kappa shape index (κ2) is 7.00. The molecule has 0 aliphatic heterocycles. The van der Waals surface area contributed by atoms with E-state index in [1.165, 1.54) is 5.57 Å². The summed E-state index contributed by atoms with van der Waals surface area (Å²) in [6.07, 6.45) is 4.85. The zero-order chi connectivity index (χ0) is 16.9. The minimum Gasteiger partial charge on any atom is -0.482 e. The molecule has 3 rings (SSSR count). The van der Waals surface area contributed by atoms with Crippen molar-refractivity contribution in [3.05, 3.63) is 59.8 Å². The molecule has 0 aliphatic rings. The van der Waals surface area contributed by atoms with Crippen molar-refractivity contribution in [2.75, 3.05) is 6.61 Å². The number of aliphatic carboxylic acids is 1. The number of carboxylic acid groups (broad SMARTS) is 1. The zero-order valence-electron chi connectivity index (χ0n) is 13.3. The third-order valence-electron chi connectivity index (χ3n) is 3.77. The number of hydrogen-bond acceptors (Lipinski definition) is 3. The van der Waals surface area contributed by atoms with E-state index in [9.17, 15) is 4.79 Å². The van der Waals surface area contributed by atoms with Crippen LogP contribution in [0.3, 0.4) is 0 Å². The van der Waals surface area contributed by atoms with Gasteiger partial charge >= 0.3 is 5.97 Å². The Morgan fingerprint density at radius 1 is 1.25 bits per heavy atom. The Morgan fingerprint density at radius 3 is 2.75 bits per heavy atom. The zero-order valence-corrected chi connectivity index (χ0v) is 13.3. The van der Waals surface area contributed by atoms with Crippen LogP contribution in [0.2, 0.25) is 0 Å². The minimum absolute atomic E-state index is 0.333. The van der Waals surface area contributed by atoms with Crippen LogP contribution in [-0.2, 0) is 4.79 Å². The Bertz CT molecular complexity index is 879. The molecule has 122 valence electrons. The second-order valence-electron chi connectivity index (χ2n) is 5.45. The number of aromatic amines is 1. The molecule has 0 bridgehead atoms. The normalized spacial score (nSPS) is 11.6. The molecular formula is C19H18N2O3. The highest BCUT2D eigenvalue weighted by Crippen LogP contribution is 2.25. The van der Waals surface area contributed by atoms with Gasteiger partial charge in [-0.25, -0.2) is 4.79 Å². The maximum Gasteiger partial charge on any atom is 0.341 e. The van der Waals surface area contributed by atoms with Crippen molar-refractivity contribution in [1.82, 2.24) is 10.2 Å². The first-order valence-electron chi connectivity index (χ1n) is 7.74. The lowest BCUT2D eigenvalue weighted by atomic mass is 10.00. The van der Waals surface area contributed by atoms with E-state index < -0.39 is 5.97 Å². The Labute approximate surface area is 139 Å². The molecule has 5 nitrogen and oxygen atoms in total. The fourth-order valence-electron chi connectivity index (χ4n) is 2.55. The smallest absolute Gasteiger partial charge is 0.341 e. The average Bonchev–Trinajstić information content (AvgIpc) is 3.06. The van der Waals surface area contributed by atoms with Crippen LogP contribution in [0.25, 0.3) is 22.6 Å². The number of aromatic nitrogens is 2. The van der Waals surface area contributed by atoms with Crippen molar-refractivity contribution in [1.29, 1.82) is 0 Å². The van der Waals surface area contributed by atoms with Crippen LogP contribution < -0.4 is 4.74 Å². The van der Waals surface area contributed by atoms with Crippen LogP contribution in [-0.4, -0.2) is 27.9 Å². The van der Waals surface area contributed by atoms with Crippen LogP contribution in [0, 0.1) is 0 Å². The molecule has 0 atom stereocenters. The predicted molar refractivity (Wildman–Crippen MR) is 93.8 cm³/mol. The molecule has 5 heteroatoms. The van der Waals surface area contributed by atoms with Gasteiger partial charge in [-0.3, -0.25) is 5.10 Å². The Kier molecular flexibility index (Phi) is 4.61. The quantitative estimate of drug-likeness (QED) is 0.673. The number of hydrogen-bond donors (Lipinski definition) is 2. The standard InChI is InChI=1S/C19H18N2O3/c1-2-14(9-13-3-8-18-16(10-13)11-20-21-18)15-4-6-17(7-5-15)24-12-19(22)23/h3-11H,2,12H2,1H3,(H,20,21)(H,22,23)/b14-9+. The molecular weight excluding hydrogens is 304 g/mol. The number of rotatable bonds is 6. The fourth-order valence-corrected chi connectivity index (χ4v) is 2.55. The van der Waals surface area contributed by atoms with Crippen molar-refractivity contribution in [2.45, 2.75) is 13.3 Å². The summed E-state index contributed by atoms with van der Waals surface area (Å²) in [7, 11) is 0. The van der Waals surface area contributed by atoms with Gasteiger partial charge in [0.2, 0.25) is 0 Å². The van der Waals surface area contributed by atoms with Gasteiger partial charge in [-0.1, -0.05) is 31.2 Å². The number of nitrogens with one attached hydrogen (secondary N) is 1. The summed E-state index contributed by atoms with van der Waals surface area (Å²) in [6, 6.07) is 13.7. The first kappa shape index (κ1) is 15.8. The molecule has 0 saturated heterocycles. The molecule has 0 fully saturated rings. The van der Waals surface area contributed by atoms with Crippen molar-refractivity contribution >= 4 is 28.5 Å². The molecule has 1 aromatic heterocycles. The highest BCUT2D eigenvalue weighted by atomic mass is 16.5. The second-order valence-corrected chi connectivity index (χ2v) is 5.45. The van der Waals surface area contributed by atoms with Gasteiger partial charge in [0.25, 0.3) is 0 Å². The number of fused-ring (bicyclic) bond motifs is 1. The lowest BCUT2D eigenvalue weighted by Crippen LogP contribution is -2.09. The number of ether oxygens (including phenoxy) is 1. The van der Waals surface area contributed by atoms with Crippen LogP contribution >= 0.6 is 0 Å². The van der Waals surface area contributed by atoms with Gasteiger partial charge in [-0.15, -0.1) is 0 Å². The summed E-state index contributed by atoms with van der Waals surface area (Å²) >= 11 is 0. The third kappa shape index (κ3) is 3.63. The highest BCUT2D eigenvalue weighted by Gasteiger charge is 2.04. The van der Waals surface area contributed by atoms with Crippen molar-refractivity contribution < 1.29 is 14.6 Å². The van der Waals surface area contributed by atoms with Crippen LogP contribution in [0.15, 0.2) is 48.7 Å². The SMILES string of the molecule is CC/C(=C\c1ccc2[nH]ncc2c1)c1ccc(OCC(=O)O)cc1. The molecule has 1 heterocycles. The lowest BCUT2D eigenvalue weighted by Gasteiger charge is -2.08. The maximum atomic E-state index is 10.5. The maximum absolute atomic E-state index is 10.5. The highest BCUT2D eigenvalue weighted by molar-refractivity contribution is 5.86. The van der Waals surface area contributed by atoms with Crippen molar-refractivity contribution in [3.63, 3.8) is 0 Å². The van der Waals surface area contributed by atoms with E-state index in [1.54, 1.807) is 12.1 Å². The summed E-state index contributed by atoms with van der Waals surface area (Å²) in [4.78, 5) is 10.5. The number of H-pyrrole nitrogens is 1. The molecule has 0 spiro atoms. The van der Waals surface area contributed by atoms with Gasteiger partial charge in [0.1, 0.15) is 5.75 Å². The molecule has 0 radical (unpaired) electrons. The number of carboxylic acids is 1. The summed E-state index contributed by atoms with van der Waals surface area (Å²) < 4.78 is 5.16. The first-order valence-corrected chi connectivity index (χ1v) is 7.74. The number of benzene rings is 2. The van der Waals surface area contributed by atoms with Crippen molar-refractivity contribution in [2.24, 2.45) is 0 Å². The van der Waals surface area contributed by atoms with Gasteiger partial charge in [0, 0.05) is 5.39 Å². The van der Waals surface area contributed by atoms with Crippen molar-refractivity contribution in [3.8, 4) is 5.75 Å². The molecule has 3 aromatic rings. The number of carbonyl (C=O) groups is 1. The van der Waals surface area contributed by atoms with E-state index in [0.29, 0.717) is 5.75 Å². The summed E-state index contributed by atoms with van der Waals surface area (Å²) in [5.74, 6) is -0.431. The van der Waals surface area contributed by atoms with Gasteiger partial charge < -0.3 is 9.84 Å². The predicted octanol–water partition coefficient (Wildman–Crippen LogP) is 3.98. The molecule has 24 heavy (non-hydrogen) atoms. The molecule has 2 aromatic carbocycles. The van der Waals surface area contributed by atoms with E-state index in [2.05, 4.69) is 35.3 Å².